The second kappa shape index (κ2) is 6.63. The van der Waals surface area contributed by atoms with E-state index < -0.39 is 0 Å². The standard InChI is InChI=1S/C10H17N3OS/c1-8-5-11-10(12-6-8)13-9(7-14)3-4-15-2/h5-6,9,14H,3-4,7H2,1-2H3,(H,11,12,13). The van der Waals surface area contributed by atoms with Crippen LogP contribution in [0.5, 0.6) is 0 Å². The minimum atomic E-state index is 0.0418. The molecule has 1 atom stereocenters. The Hall–Kier alpha value is -0.810. The molecule has 0 aliphatic heterocycles. The number of thioether (sulfide) groups is 1. The van der Waals surface area contributed by atoms with Crippen molar-refractivity contribution in [3.8, 4) is 0 Å². The maximum absolute atomic E-state index is 9.14. The zero-order chi connectivity index (χ0) is 11.1. The van der Waals surface area contributed by atoms with E-state index in [0.29, 0.717) is 5.95 Å². The lowest BCUT2D eigenvalue weighted by Crippen LogP contribution is -2.25. The number of hydrogen-bond acceptors (Lipinski definition) is 5. The number of rotatable bonds is 6. The summed E-state index contributed by atoms with van der Waals surface area (Å²) < 4.78 is 0. The monoisotopic (exact) mass is 227 g/mol. The SMILES string of the molecule is CSCCC(CO)Nc1ncc(C)cn1. The second-order valence-corrected chi connectivity index (χ2v) is 4.37. The third-order valence-electron chi connectivity index (χ3n) is 2.00. The second-order valence-electron chi connectivity index (χ2n) is 3.39. The van der Waals surface area contributed by atoms with Crippen LogP contribution in [0, 0.1) is 6.92 Å². The Morgan fingerprint density at radius 3 is 2.67 bits per heavy atom. The van der Waals surface area contributed by atoms with Crippen LogP contribution in [0.15, 0.2) is 12.4 Å². The van der Waals surface area contributed by atoms with E-state index in [2.05, 4.69) is 21.5 Å². The van der Waals surface area contributed by atoms with Crippen molar-refractivity contribution in [2.24, 2.45) is 0 Å². The topological polar surface area (TPSA) is 58.0 Å². The predicted molar refractivity (Wildman–Crippen MR) is 64.3 cm³/mol. The first-order valence-electron chi connectivity index (χ1n) is 4.91. The molecular formula is C10H17N3OS. The largest absolute Gasteiger partial charge is 0.394 e. The van der Waals surface area contributed by atoms with Crippen LogP contribution >= 0.6 is 11.8 Å². The molecule has 1 aromatic heterocycles. The number of nitrogens with one attached hydrogen (secondary N) is 1. The summed E-state index contributed by atoms with van der Waals surface area (Å²) in [4.78, 5) is 8.27. The van der Waals surface area contributed by atoms with Crippen LogP contribution in [0.4, 0.5) is 5.95 Å². The molecule has 4 nitrogen and oxygen atoms in total. The van der Waals surface area contributed by atoms with E-state index in [1.165, 1.54) is 0 Å². The van der Waals surface area contributed by atoms with E-state index in [1.54, 1.807) is 24.2 Å². The quantitative estimate of drug-likeness (QED) is 0.767. The van der Waals surface area contributed by atoms with Crippen molar-refractivity contribution in [3.05, 3.63) is 18.0 Å². The zero-order valence-corrected chi connectivity index (χ0v) is 9.92. The van der Waals surface area contributed by atoms with Gasteiger partial charge in [0.1, 0.15) is 0 Å². The normalized spacial score (nSPS) is 12.5. The van der Waals surface area contributed by atoms with Crippen molar-refractivity contribution in [1.29, 1.82) is 0 Å². The first kappa shape index (κ1) is 12.3. The van der Waals surface area contributed by atoms with Gasteiger partial charge in [0.15, 0.2) is 0 Å². The molecule has 0 amide bonds. The molecule has 84 valence electrons. The molecule has 0 spiro atoms. The van der Waals surface area contributed by atoms with E-state index in [1.807, 2.05) is 6.92 Å². The van der Waals surface area contributed by atoms with E-state index >= 15 is 0 Å². The Morgan fingerprint density at radius 2 is 2.13 bits per heavy atom. The molecule has 1 unspecified atom stereocenters. The van der Waals surface area contributed by atoms with Gasteiger partial charge in [-0.15, -0.1) is 0 Å². The lowest BCUT2D eigenvalue weighted by atomic mass is 10.2. The van der Waals surface area contributed by atoms with Crippen molar-refractivity contribution >= 4 is 17.7 Å². The van der Waals surface area contributed by atoms with Gasteiger partial charge in [0.25, 0.3) is 0 Å². The summed E-state index contributed by atoms with van der Waals surface area (Å²) in [6, 6.07) is 0.0418. The molecule has 15 heavy (non-hydrogen) atoms. The Kier molecular flexibility index (Phi) is 5.42. The van der Waals surface area contributed by atoms with E-state index in [-0.39, 0.29) is 12.6 Å². The molecular weight excluding hydrogens is 210 g/mol. The molecule has 0 bridgehead atoms. The summed E-state index contributed by atoms with van der Waals surface area (Å²) in [6.45, 7) is 2.05. The van der Waals surface area contributed by atoms with Crippen LogP contribution < -0.4 is 5.32 Å². The lowest BCUT2D eigenvalue weighted by Gasteiger charge is -2.15. The summed E-state index contributed by atoms with van der Waals surface area (Å²) in [5.41, 5.74) is 1.03. The van der Waals surface area contributed by atoms with Crippen LogP contribution in [0.2, 0.25) is 0 Å². The van der Waals surface area contributed by atoms with E-state index in [0.717, 1.165) is 17.7 Å². The molecule has 0 aromatic carbocycles. The fraction of sp³-hybridized carbons (Fsp3) is 0.600. The minimum Gasteiger partial charge on any atom is -0.394 e. The highest BCUT2D eigenvalue weighted by Gasteiger charge is 2.07. The van der Waals surface area contributed by atoms with E-state index in [4.69, 9.17) is 5.11 Å². The van der Waals surface area contributed by atoms with Gasteiger partial charge in [0.2, 0.25) is 5.95 Å². The maximum atomic E-state index is 9.14. The lowest BCUT2D eigenvalue weighted by molar-refractivity contribution is 0.272. The number of aryl methyl sites for hydroxylation is 1. The van der Waals surface area contributed by atoms with Crippen LogP contribution in [0.3, 0.4) is 0 Å². The Morgan fingerprint density at radius 1 is 1.47 bits per heavy atom. The van der Waals surface area contributed by atoms with Crippen molar-refractivity contribution < 1.29 is 5.11 Å². The van der Waals surface area contributed by atoms with Gasteiger partial charge in [-0.25, -0.2) is 9.97 Å². The van der Waals surface area contributed by atoms with Crippen LogP contribution in [0.1, 0.15) is 12.0 Å². The molecule has 2 N–H and O–H groups in total. The van der Waals surface area contributed by atoms with E-state index in [9.17, 15) is 0 Å². The summed E-state index contributed by atoms with van der Waals surface area (Å²) in [5, 5.41) is 12.2. The predicted octanol–water partition coefficient (Wildman–Crippen LogP) is 1.31. The summed E-state index contributed by atoms with van der Waals surface area (Å²) in [7, 11) is 0. The number of hydrogen-bond donors (Lipinski definition) is 2. The fourth-order valence-corrected chi connectivity index (χ4v) is 1.64. The Bertz CT molecular complexity index is 279. The van der Waals surface area contributed by atoms with Gasteiger partial charge in [-0.05, 0) is 30.9 Å². The molecule has 1 aromatic rings. The first-order valence-corrected chi connectivity index (χ1v) is 6.30. The molecule has 0 fully saturated rings. The van der Waals surface area contributed by atoms with Crippen molar-refractivity contribution in [2.75, 3.05) is 23.9 Å². The fourth-order valence-electron chi connectivity index (χ4n) is 1.12. The maximum Gasteiger partial charge on any atom is 0.222 e. The highest BCUT2D eigenvalue weighted by Crippen LogP contribution is 2.06. The van der Waals surface area contributed by atoms with Gasteiger partial charge in [0, 0.05) is 12.4 Å². The van der Waals surface area contributed by atoms with Gasteiger partial charge >= 0.3 is 0 Å². The molecule has 1 rings (SSSR count). The average molecular weight is 227 g/mol. The molecule has 0 aliphatic rings. The van der Waals surface area contributed by atoms with Gasteiger partial charge < -0.3 is 10.4 Å². The van der Waals surface area contributed by atoms with Crippen molar-refractivity contribution in [2.45, 2.75) is 19.4 Å². The summed E-state index contributed by atoms with van der Waals surface area (Å²) in [5.74, 6) is 1.60. The van der Waals surface area contributed by atoms with Gasteiger partial charge in [-0.1, -0.05) is 0 Å². The molecule has 0 saturated heterocycles. The Labute approximate surface area is 94.5 Å². The third kappa shape index (κ3) is 4.48. The highest BCUT2D eigenvalue weighted by atomic mass is 32.2. The molecule has 0 radical (unpaired) electrons. The molecule has 5 heteroatoms. The zero-order valence-electron chi connectivity index (χ0n) is 9.10. The number of anilines is 1. The van der Waals surface area contributed by atoms with Crippen LogP contribution in [0.25, 0.3) is 0 Å². The van der Waals surface area contributed by atoms with Gasteiger partial charge in [0.05, 0.1) is 12.6 Å². The molecule has 0 aliphatic carbocycles. The van der Waals surface area contributed by atoms with Gasteiger partial charge in [-0.2, -0.15) is 11.8 Å². The Balaban J connectivity index is 2.47. The summed E-state index contributed by atoms with van der Waals surface area (Å²) >= 11 is 1.77. The first-order chi connectivity index (χ1) is 7.26. The van der Waals surface area contributed by atoms with Crippen LogP contribution in [-0.2, 0) is 0 Å². The van der Waals surface area contributed by atoms with Crippen LogP contribution in [-0.4, -0.2) is 39.7 Å². The third-order valence-corrected chi connectivity index (χ3v) is 2.65. The van der Waals surface area contributed by atoms with Gasteiger partial charge in [-0.3, -0.25) is 0 Å². The number of aliphatic hydroxyl groups is 1. The number of aliphatic hydroxyl groups excluding tert-OH is 1. The van der Waals surface area contributed by atoms with Crippen molar-refractivity contribution in [3.63, 3.8) is 0 Å². The number of nitrogens with zero attached hydrogens (tertiary/aromatic N) is 2. The highest BCUT2D eigenvalue weighted by molar-refractivity contribution is 7.98. The minimum absolute atomic E-state index is 0.0418. The average Bonchev–Trinajstić information content (AvgIpc) is 2.27. The smallest absolute Gasteiger partial charge is 0.222 e. The van der Waals surface area contributed by atoms with Crippen molar-refractivity contribution in [1.82, 2.24) is 9.97 Å². The summed E-state index contributed by atoms with van der Waals surface area (Å²) in [6.07, 6.45) is 6.49. The molecule has 0 saturated carbocycles. The number of aromatic nitrogens is 2. The molecule has 1 heterocycles.